The van der Waals surface area contributed by atoms with Gasteiger partial charge in [-0.25, -0.2) is 28.7 Å². The van der Waals surface area contributed by atoms with Crippen LogP contribution in [0.15, 0.2) is 192 Å². The van der Waals surface area contributed by atoms with Crippen LogP contribution in [0.4, 0.5) is 8.78 Å². The van der Waals surface area contributed by atoms with E-state index in [2.05, 4.69) is 196 Å². The number of thiophene rings is 1. The molecule has 8 heterocycles. The lowest BCUT2D eigenvalue weighted by molar-refractivity contribution is 0.0112. The number of likely N-dealkylation sites (tertiary alicyclic amines) is 1. The van der Waals surface area contributed by atoms with Crippen LogP contribution in [0.1, 0.15) is 146 Å². The Bertz CT molecular complexity index is 5380. The summed E-state index contributed by atoms with van der Waals surface area (Å²) in [5.41, 5.74) is 24.9. The summed E-state index contributed by atoms with van der Waals surface area (Å²) in [6, 6.07) is 60.0. The van der Waals surface area contributed by atoms with Crippen molar-refractivity contribution in [2.24, 2.45) is 0 Å². The van der Waals surface area contributed by atoms with Crippen molar-refractivity contribution in [1.29, 1.82) is 0 Å². The number of aromatic nitrogens is 8. The van der Waals surface area contributed by atoms with Gasteiger partial charge in [-0.3, -0.25) is 4.90 Å². The average Bonchev–Trinajstić information content (AvgIpc) is 1.64. The molecule has 546 valence electrons. The van der Waals surface area contributed by atoms with E-state index in [1.807, 2.05) is 90.2 Å². The third-order valence-corrected chi connectivity index (χ3v) is 22.5. The highest BCUT2D eigenvalue weighted by Crippen LogP contribution is 2.34. The summed E-state index contributed by atoms with van der Waals surface area (Å²) >= 11 is 20.0. The Kier molecular flexibility index (Phi) is 23.7. The number of alkyl halides is 2. The molecule has 2 unspecified atom stereocenters. The molecule has 0 N–H and O–H groups in total. The van der Waals surface area contributed by atoms with Crippen LogP contribution in [-0.4, -0.2) is 74.8 Å². The number of hydrogen-bond acceptors (Lipinski definition) is 8. The van der Waals surface area contributed by atoms with Gasteiger partial charge in [-0.15, -0.1) is 11.3 Å². The number of hydrogen-bond donors (Lipinski definition) is 0. The highest BCUT2D eigenvalue weighted by Gasteiger charge is 2.38. The predicted molar refractivity (Wildman–Crippen MR) is 435 cm³/mol. The molecule has 17 heteroatoms. The summed E-state index contributed by atoms with van der Waals surface area (Å²) < 4.78 is 47.6. The Hall–Kier alpha value is -8.99. The van der Waals surface area contributed by atoms with Crippen molar-refractivity contribution in [2.75, 3.05) is 19.7 Å². The topological polar surface area (TPSA) is 96.9 Å². The first-order chi connectivity index (χ1) is 51.0. The summed E-state index contributed by atoms with van der Waals surface area (Å²) in [4.78, 5) is 23.0. The molecule has 0 amide bonds. The number of allylic oxidation sites excluding steroid dienone is 1. The number of imidazole rings is 4. The SMILES string of the molecule is C/C(=C\c1ccco1)c1nc2cc(C)c(C)cc2n1Cc1ccc(Cl)cc1.Cc1cc2nc(C(C)CC3CCCO3)n(Cc3ccc(Cl)cc3)c2cc1C.Cc1cc2nc(CCc3sccc3C)n(Cc3ccc(Cl)cc3)c2cc1C.Cc1ccc(Cn2c(CN3CCC(F)(F)C3)nc3ccccc32)cc1. The molecule has 2 fully saturated rings. The van der Waals surface area contributed by atoms with Gasteiger partial charge in [0.25, 0.3) is 5.92 Å². The maximum atomic E-state index is 13.5. The van der Waals surface area contributed by atoms with Crippen molar-refractivity contribution in [1.82, 2.24) is 43.1 Å². The Labute approximate surface area is 640 Å². The number of fused-ring (bicyclic) bond motifs is 4. The molecule has 2 aliphatic rings. The predicted octanol–water partition coefficient (Wildman–Crippen LogP) is 23.3. The lowest BCUT2D eigenvalue weighted by Gasteiger charge is -2.18. The second-order valence-electron chi connectivity index (χ2n) is 28.9. The van der Waals surface area contributed by atoms with Gasteiger partial charge in [-0.05, 0) is 269 Å². The molecule has 0 radical (unpaired) electrons. The van der Waals surface area contributed by atoms with E-state index < -0.39 is 5.92 Å². The molecule has 11 nitrogen and oxygen atoms in total. The van der Waals surface area contributed by atoms with Crippen molar-refractivity contribution in [3.05, 3.63) is 303 Å². The molecule has 14 aromatic rings. The first-order valence-electron chi connectivity index (χ1n) is 36.6. The lowest BCUT2D eigenvalue weighted by Crippen LogP contribution is -2.26. The zero-order valence-electron chi connectivity index (χ0n) is 62.2. The van der Waals surface area contributed by atoms with Gasteiger partial charge in [0.1, 0.15) is 29.1 Å². The second-order valence-corrected chi connectivity index (χ2v) is 31.2. The number of aryl methyl sites for hydroxylation is 10. The Morgan fingerprint density at radius 1 is 0.538 bits per heavy atom. The van der Waals surface area contributed by atoms with E-state index in [1.165, 1.54) is 95.5 Å². The van der Waals surface area contributed by atoms with Gasteiger partial charge in [0, 0.05) is 78.0 Å². The van der Waals surface area contributed by atoms with Crippen LogP contribution in [0, 0.1) is 55.4 Å². The smallest absolute Gasteiger partial charge is 0.261 e. The van der Waals surface area contributed by atoms with E-state index in [0.717, 1.165) is 128 Å². The second kappa shape index (κ2) is 33.4. The van der Waals surface area contributed by atoms with Gasteiger partial charge < -0.3 is 27.4 Å². The molecular formula is C89H92Cl3F2N9O2S. The summed E-state index contributed by atoms with van der Waals surface area (Å²) in [6.45, 7) is 26.2. The van der Waals surface area contributed by atoms with Crippen LogP contribution in [0.3, 0.4) is 0 Å². The van der Waals surface area contributed by atoms with Crippen molar-refractivity contribution < 1.29 is 17.9 Å². The van der Waals surface area contributed by atoms with Gasteiger partial charge in [0.05, 0.1) is 69.6 Å². The molecule has 2 aliphatic heterocycles. The highest BCUT2D eigenvalue weighted by atomic mass is 35.5. The van der Waals surface area contributed by atoms with E-state index >= 15 is 0 Å². The normalized spacial score (nSPS) is 14.7. The number of rotatable bonds is 18. The largest absolute Gasteiger partial charge is 0.465 e. The number of para-hydroxylation sites is 2. The quantitative estimate of drug-likeness (QED) is 0.0844. The molecule has 16 rings (SSSR count). The minimum atomic E-state index is -2.58. The number of halogens is 5. The zero-order chi connectivity index (χ0) is 74.3. The third kappa shape index (κ3) is 18.3. The number of furan rings is 1. The minimum Gasteiger partial charge on any atom is -0.465 e. The number of ether oxygens (including phenoxy) is 1. The van der Waals surface area contributed by atoms with E-state index in [-0.39, 0.29) is 13.0 Å². The summed E-state index contributed by atoms with van der Waals surface area (Å²) in [7, 11) is 0. The lowest BCUT2D eigenvalue weighted by atomic mass is 10.0. The van der Waals surface area contributed by atoms with Crippen LogP contribution >= 0.6 is 46.1 Å². The molecule has 0 spiro atoms. The molecule has 6 aromatic heterocycles. The van der Waals surface area contributed by atoms with Crippen LogP contribution < -0.4 is 0 Å². The monoisotopic (exact) mass is 1490 g/mol. The first-order valence-corrected chi connectivity index (χ1v) is 38.7. The zero-order valence-corrected chi connectivity index (χ0v) is 65.3. The minimum absolute atomic E-state index is 0.0643. The van der Waals surface area contributed by atoms with Gasteiger partial charge in [0.2, 0.25) is 0 Å². The standard InChI is InChI=1S/C23H27ClN2O.C23H21ClN2O.C23H23ClN2S.C20H21F2N3/c2*1-15-12-21-22(13-16(15)2)26(14-18-6-8-19(24)9-7-18)23(25-21)17(3)11-20-5-4-10-27-20;1-15-10-11-27-22(15)8-9-23-25-20-12-16(2)17(3)13-21(20)26(23)14-18-4-6-19(24)7-5-18;1-15-6-8-16(9-7-15)12-25-18-5-3-2-4-17(18)23-19(25)13-24-11-10-20(21,22)14-24/h6-9,12-13,17,20H,4-5,10-11,14H2,1-3H3;4-13H,14H2,1-3H3;4-7,10-13H,8-9,14H2,1-3H3;2-9H,10-14H2,1H3/b;17-11+;;. The molecule has 0 bridgehead atoms. The van der Waals surface area contributed by atoms with Gasteiger partial charge in [-0.1, -0.05) is 120 Å². The van der Waals surface area contributed by atoms with Gasteiger partial charge in [-0.2, -0.15) is 0 Å². The summed E-state index contributed by atoms with van der Waals surface area (Å²) in [5.74, 6) is 2.70. The third-order valence-electron chi connectivity index (χ3n) is 20.6. The maximum absolute atomic E-state index is 13.5. The van der Waals surface area contributed by atoms with Crippen LogP contribution in [0.25, 0.3) is 55.8 Å². The summed E-state index contributed by atoms with van der Waals surface area (Å²) in [6.07, 6.45) is 9.37. The van der Waals surface area contributed by atoms with Gasteiger partial charge >= 0.3 is 0 Å². The highest BCUT2D eigenvalue weighted by molar-refractivity contribution is 7.10. The summed E-state index contributed by atoms with van der Waals surface area (Å²) in [5, 5.41) is 4.46. The molecule has 8 aromatic carbocycles. The molecule has 0 aliphatic carbocycles. The van der Waals surface area contributed by atoms with Crippen molar-refractivity contribution in [3.8, 4) is 0 Å². The van der Waals surface area contributed by atoms with Crippen LogP contribution in [0.5, 0.6) is 0 Å². The Morgan fingerprint density at radius 3 is 1.58 bits per heavy atom. The fourth-order valence-corrected chi connectivity index (χ4v) is 15.5. The number of benzene rings is 8. The van der Waals surface area contributed by atoms with E-state index in [4.69, 9.17) is 63.9 Å². The Balaban J connectivity index is 0.000000125. The van der Waals surface area contributed by atoms with Crippen LogP contribution in [0.2, 0.25) is 15.1 Å². The first kappa shape index (κ1) is 75.3. The molecular weight excluding hydrogens is 1400 g/mol. The Morgan fingerprint density at radius 2 is 1.05 bits per heavy atom. The molecule has 2 saturated heterocycles. The van der Waals surface area contributed by atoms with Crippen LogP contribution in [-0.2, 0) is 50.3 Å². The maximum Gasteiger partial charge on any atom is 0.261 e. The fraction of sp³-hybridized carbons (Fsp3) is 0.303. The van der Waals surface area contributed by atoms with E-state index in [1.54, 1.807) is 11.2 Å². The fourth-order valence-electron chi connectivity index (χ4n) is 14.2. The molecule has 0 saturated carbocycles. The molecule has 2 atom stereocenters. The van der Waals surface area contributed by atoms with Crippen molar-refractivity contribution in [3.63, 3.8) is 0 Å². The van der Waals surface area contributed by atoms with Crippen molar-refractivity contribution in [2.45, 2.75) is 158 Å². The van der Waals surface area contributed by atoms with E-state index in [0.29, 0.717) is 31.7 Å². The van der Waals surface area contributed by atoms with Gasteiger partial charge in [0.15, 0.2) is 0 Å². The average molecular weight is 1500 g/mol. The van der Waals surface area contributed by atoms with Crippen molar-refractivity contribution >= 4 is 102 Å². The van der Waals surface area contributed by atoms with E-state index in [9.17, 15) is 8.78 Å². The molecule has 106 heavy (non-hydrogen) atoms. The number of nitrogens with zero attached hydrogens (tertiary/aromatic N) is 9.